The Bertz CT molecular complexity index is 874. The van der Waals surface area contributed by atoms with Gasteiger partial charge in [-0.15, -0.1) is 0 Å². The summed E-state index contributed by atoms with van der Waals surface area (Å²) in [4.78, 5) is 20.2. The summed E-state index contributed by atoms with van der Waals surface area (Å²) in [6, 6.07) is 6.07. The molecule has 0 unspecified atom stereocenters. The number of rotatable bonds is 4. The fraction of sp³-hybridized carbons (Fsp3) is 0. The van der Waals surface area contributed by atoms with E-state index in [4.69, 9.17) is 0 Å². The Morgan fingerprint density at radius 2 is 2.00 bits per heavy atom. The topological polar surface area (TPSA) is 60.7 Å². The maximum atomic E-state index is 13.7. The van der Waals surface area contributed by atoms with Crippen LogP contribution < -0.4 is 0 Å². The number of nitrogens with zero attached hydrogens (tertiary/aromatic N) is 4. The lowest BCUT2D eigenvalue weighted by molar-refractivity contribution is 0.105. The second-order valence-corrected chi connectivity index (χ2v) is 4.68. The number of carbonyl (C=O) groups excluding carboxylic acids is 1. The van der Waals surface area contributed by atoms with Crippen molar-refractivity contribution in [3.63, 3.8) is 0 Å². The number of allylic oxidation sites excluding steroid dienone is 1. The Balaban J connectivity index is 1.86. The number of hydrogen-bond acceptors (Lipinski definition) is 4. The van der Waals surface area contributed by atoms with Crippen LogP contribution in [0.15, 0.2) is 55.8 Å². The van der Waals surface area contributed by atoms with Gasteiger partial charge >= 0.3 is 0 Å². The minimum Gasteiger partial charge on any atom is -0.289 e. The van der Waals surface area contributed by atoms with Gasteiger partial charge in [0.2, 0.25) is 0 Å². The van der Waals surface area contributed by atoms with E-state index in [-0.39, 0.29) is 16.7 Å². The highest BCUT2D eigenvalue weighted by Crippen LogP contribution is 2.21. The number of hydrogen-bond donors (Lipinski definition) is 0. The highest BCUT2D eigenvalue weighted by molar-refractivity contribution is 6.28. The van der Waals surface area contributed by atoms with Crippen LogP contribution >= 0.6 is 0 Å². The third-order valence-electron chi connectivity index (χ3n) is 3.19. The third-order valence-corrected chi connectivity index (χ3v) is 3.19. The maximum absolute atomic E-state index is 13.7. The molecule has 0 saturated heterocycles. The number of halogens is 2. The molecule has 1 aromatic carbocycles. The van der Waals surface area contributed by atoms with Crippen LogP contribution in [0.25, 0.3) is 11.4 Å². The SMILES string of the molecule is C=C(C(=O)c1ccc(-n2cncn2)nc1)c1ccc(F)cc1F. The van der Waals surface area contributed by atoms with Gasteiger partial charge in [0.15, 0.2) is 11.6 Å². The van der Waals surface area contributed by atoms with Crippen LogP contribution in [0.4, 0.5) is 8.78 Å². The van der Waals surface area contributed by atoms with Crippen molar-refractivity contribution >= 4 is 11.4 Å². The average Bonchev–Trinajstić information content (AvgIpc) is 3.08. The van der Waals surface area contributed by atoms with Crippen LogP contribution in [0.1, 0.15) is 15.9 Å². The molecule has 2 aromatic heterocycles. The molecule has 0 saturated carbocycles. The summed E-state index contributed by atoms with van der Waals surface area (Å²) in [5.41, 5.74) is 0.122. The quantitative estimate of drug-likeness (QED) is 0.549. The molecule has 0 N–H and O–H groups in total. The van der Waals surface area contributed by atoms with Crippen molar-refractivity contribution in [1.82, 2.24) is 19.7 Å². The monoisotopic (exact) mass is 312 g/mol. The number of pyridine rings is 1. The molecule has 5 nitrogen and oxygen atoms in total. The van der Waals surface area contributed by atoms with E-state index in [2.05, 4.69) is 21.6 Å². The summed E-state index contributed by atoms with van der Waals surface area (Å²) in [7, 11) is 0. The van der Waals surface area contributed by atoms with Gasteiger partial charge in [0.1, 0.15) is 24.3 Å². The first-order chi connectivity index (χ1) is 11.1. The van der Waals surface area contributed by atoms with Crippen LogP contribution in [0.2, 0.25) is 0 Å². The molecule has 0 atom stereocenters. The number of aromatic nitrogens is 4. The van der Waals surface area contributed by atoms with Gasteiger partial charge in [-0.1, -0.05) is 6.58 Å². The fourth-order valence-electron chi connectivity index (χ4n) is 2.01. The van der Waals surface area contributed by atoms with Gasteiger partial charge in [-0.05, 0) is 24.3 Å². The standard InChI is InChI=1S/C16H10F2N4O/c1-10(13-4-3-12(17)6-14(13)18)16(23)11-2-5-15(20-7-11)22-9-19-8-21-22/h2-9H,1H2. The van der Waals surface area contributed by atoms with Gasteiger partial charge in [0, 0.05) is 29.0 Å². The lowest BCUT2D eigenvalue weighted by atomic mass is 9.99. The van der Waals surface area contributed by atoms with Gasteiger partial charge in [0.05, 0.1) is 0 Å². The summed E-state index contributed by atoms with van der Waals surface area (Å²) in [6.07, 6.45) is 4.17. The maximum Gasteiger partial charge on any atom is 0.194 e. The van der Waals surface area contributed by atoms with Gasteiger partial charge < -0.3 is 0 Å². The molecule has 0 aliphatic rings. The first-order valence-corrected chi connectivity index (χ1v) is 6.56. The Labute approximate surface area is 129 Å². The third kappa shape index (κ3) is 2.89. The largest absolute Gasteiger partial charge is 0.289 e. The van der Waals surface area contributed by atoms with Gasteiger partial charge in [-0.3, -0.25) is 4.79 Å². The van der Waals surface area contributed by atoms with E-state index in [9.17, 15) is 13.6 Å². The van der Waals surface area contributed by atoms with Crippen molar-refractivity contribution in [1.29, 1.82) is 0 Å². The molecule has 0 radical (unpaired) electrons. The molecule has 7 heteroatoms. The Morgan fingerprint density at radius 1 is 1.17 bits per heavy atom. The first kappa shape index (κ1) is 14.7. The summed E-state index contributed by atoms with van der Waals surface area (Å²) < 4.78 is 28.1. The highest BCUT2D eigenvalue weighted by Gasteiger charge is 2.16. The van der Waals surface area contributed by atoms with Gasteiger partial charge in [0.25, 0.3) is 0 Å². The van der Waals surface area contributed by atoms with Crippen LogP contribution in [-0.4, -0.2) is 25.5 Å². The zero-order valence-corrected chi connectivity index (χ0v) is 11.8. The molecule has 0 aliphatic carbocycles. The molecule has 0 amide bonds. The van der Waals surface area contributed by atoms with E-state index in [1.54, 1.807) is 6.07 Å². The van der Waals surface area contributed by atoms with Crippen LogP contribution in [-0.2, 0) is 0 Å². The molecule has 0 bridgehead atoms. The van der Waals surface area contributed by atoms with Crippen molar-refractivity contribution in [3.8, 4) is 5.82 Å². The van der Waals surface area contributed by atoms with Crippen molar-refractivity contribution in [2.45, 2.75) is 0 Å². The number of ketones is 1. The van der Waals surface area contributed by atoms with Crippen molar-refractivity contribution in [2.75, 3.05) is 0 Å². The van der Waals surface area contributed by atoms with Gasteiger partial charge in [-0.25, -0.2) is 23.4 Å². The first-order valence-electron chi connectivity index (χ1n) is 6.56. The van der Waals surface area contributed by atoms with E-state index in [1.807, 2.05) is 0 Å². The van der Waals surface area contributed by atoms with E-state index in [0.29, 0.717) is 11.9 Å². The second kappa shape index (κ2) is 5.88. The summed E-state index contributed by atoms with van der Waals surface area (Å²) in [6.45, 7) is 3.60. The predicted octanol–water partition coefficient (Wildman–Crippen LogP) is 2.84. The van der Waals surface area contributed by atoms with Crippen LogP contribution in [0.5, 0.6) is 0 Å². The molecule has 0 aliphatic heterocycles. The van der Waals surface area contributed by atoms with E-state index in [0.717, 1.165) is 6.07 Å². The minimum atomic E-state index is -0.837. The van der Waals surface area contributed by atoms with Gasteiger partial charge in [-0.2, -0.15) is 5.10 Å². The number of Topliss-reactive ketones (excluding diaryl/α,β-unsaturated/α-hetero) is 1. The average molecular weight is 312 g/mol. The van der Waals surface area contributed by atoms with Crippen molar-refractivity contribution < 1.29 is 13.6 Å². The smallest absolute Gasteiger partial charge is 0.194 e. The van der Waals surface area contributed by atoms with E-state index < -0.39 is 17.4 Å². The summed E-state index contributed by atoms with van der Waals surface area (Å²) in [5.74, 6) is -1.56. The Hall–Kier alpha value is -3.22. The molecular formula is C16H10F2N4O. The molecule has 23 heavy (non-hydrogen) atoms. The van der Waals surface area contributed by atoms with E-state index >= 15 is 0 Å². The lowest BCUT2D eigenvalue weighted by Gasteiger charge is -2.07. The normalized spacial score (nSPS) is 10.5. The number of benzene rings is 1. The molecule has 114 valence electrons. The second-order valence-electron chi connectivity index (χ2n) is 4.68. The van der Waals surface area contributed by atoms with Crippen LogP contribution in [0.3, 0.4) is 0 Å². The molecule has 3 rings (SSSR count). The number of carbonyl (C=O) groups is 1. The summed E-state index contributed by atoms with van der Waals surface area (Å²) >= 11 is 0. The van der Waals surface area contributed by atoms with Crippen LogP contribution in [0, 0.1) is 11.6 Å². The highest BCUT2D eigenvalue weighted by atomic mass is 19.1. The molecule has 2 heterocycles. The molecule has 3 aromatic rings. The Kier molecular flexibility index (Phi) is 3.76. The fourth-order valence-corrected chi connectivity index (χ4v) is 2.01. The Morgan fingerprint density at radius 3 is 2.61 bits per heavy atom. The lowest BCUT2D eigenvalue weighted by Crippen LogP contribution is -2.06. The molecule has 0 fully saturated rings. The summed E-state index contributed by atoms with van der Waals surface area (Å²) in [5, 5.41) is 3.92. The molecule has 0 spiro atoms. The van der Waals surface area contributed by atoms with Crippen molar-refractivity contribution in [2.24, 2.45) is 0 Å². The van der Waals surface area contributed by atoms with E-state index in [1.165, 1.54) is 35.7 Å². The van der Waals surface area contributed by atoms with Crippen molar-refractivity contribution in [3.05, 3.63) is 78.5 Å². The minimum absolute atomic E-state index is 0.0447. The zero-order valence-electron chi connectivity index (χ0n) is 11.8. The predicted molar refractivity (Wildman–Crippen MR) is 78.9 cm³/mol. The molecular weight excluding hydrogens is 302 g/mol. The zero-order chi connectivity index (χ0) is 16.4.